The molecule has 0 aromatic carbocycles. The summed E-state index contributed by atoms with van der Waals surface area (Å²) in [7, 11) is 0. The van der Waals surface area contributed by atoms with Crippen molar-refractivity contribution in [1.29, 1.82) is 5.26 Å². The molecule has 0 radical (unpaired) electrons. The lowest BCUT2D eigenvalue weighted by Gasteiger charge is -2.29. The zero-order valence-electron chi connectivity index (χ0n) is 9.70. The van der Waals surface area contributed by atoms with Crippen LogP contribution in [0.1, 0.15) is 37.7 Å². The van der Waals surface area contributed by atoms with Gasteiger partial charge in [0.25, 0.3) is 0 Å². The Kier molecular flexibility index (Phi) is 3.43. The molecule has 1 amide bonds. The molecule has 0 atom stereocenters. The number of hydrogen-bond acceptors (Lipinski definition) is 3. The number of aromatic amines is 1. The van der Waals surface area contributed by atoms with Gasteiger partial charge in [0.05, 0.1) is 12.3 Å². The van der Waals surface area contributed by atoms with Crippen LogP contribution in [0.2, 0.25) is 0 Å². The first-order chi connectivity index (χ1) is 8.27. The monoisotopic (exact) mass is 232 g/mol. The van der Waals surface area contributed by atoms with E-state index in [9.17, 15) is 10.1 Å². The second-order valence-electron chi connectivity index (χ2n) is 4.54. The number of nitrogens with zero attached hydrogens (tertiary/aromatic N) is 2. The summed E-state index contributed by atoms with van der Waals surface area (Å²) in [5, 5.41) is 18.6. The topological polar surface area (TPSA) is 81.6 Å². The minimum Gasteiger partial charge on any atom is -0.351 e. The van der Waals surface area contributed by atoms with E-state index >= 15 is 0 Å². The van der Waals surface area contributed by atoms with Crippen molar-refractivity contribution in [1.82, 2.24) is 15.5 Å². The third-order valence-electron chi connectivity index (χ3n) is 3.36. The fraction of sp³-hybridized carbons (Fsp3) is 0.583. The standard InChI is InChI=1S/C12H16N4O/c13-9-12(4-2-1-3-5-12)11(17)14-6-10-7-15-16-8-10/h7-8H,1-6H2,(H,14,17)(H,15,16). The van der Waals surface area contributed by atoms with Crippen molar-refractivity contribution in [3.63, 3.8) is 0 Å². The SMILES string of the molecule is N#CC1(C(=O)NCc2cn[nH]c2)CCCCC1. The van der Waals surface area contributed by atoms with Gasteiger partial charge in [-0.1, -0.05) is 19.3 Å². The van der Waals surface area contributed by atoms with E-state index in [0.717, 1.165) is 24.8 Å². The molecule has 0 bridgehead atoms. The van der Waals surface area contributed by atoms with E-state index < -0.39 is 5.41 Å². The number of amides is 1. The first-order valence-corrected chi connectivity index (χ1v) is 5.94. The van der Waals surface area contributed by atoms with Crippen LogP contribution in [0, 0.1) is 16.7 Å². The molecular formula is C12H16N4O. The molecule has 0 spiro atoms. The van der Waals surface area contributed by atoms with Gasteiger partial charge in [0.15, 0.2) is 0 Å². The molecule has 0 saturated heterocycles. The Hall–Kier alpha value is -1.83. The normalized spacial score (nSPS) is 18.3. The highest BCUT2D eigenvalue weighted by molar-refractivity contribution is 5.85. The zero-order valence-corrected chi connectivity index (χ0v) is 9.70. The van der Waals surface area contributed by atoms with Crippen molar-refractivity contribution in [3.8, 4) is 6.07 Å². The zero-order chi connectivity index (χ0) is 12.1. The summed E-state index contributed by atoms with van der Waals surface area (Å²) in [5.41, 5.74) is 0.115. The van der Waals surface area contributed by atoms with Gasteiger partial charge in [-0.15, -0.1) is 0 Å². The highest BCUT2D eigenvalue weighted by Gasteiger charge is 2.39. The van der Waals surface area contributed by atoms with Crippen LogP contribution in [-0.4, -0.2) is 16.1 Å². The number of nitrogens with one attached hydrogen (secondary N) is 2. The fourth-order valence-electron chi connectivity index (χ4n) is 2.27. The summed E-state index contributed by atoms with van der Waals surface area (Å²) < 4.78 is 0. The van der Waals surface area contributed by atoms with Gasteiger partial charge in [0, 0.05) is 18.3 Å². The van der Waals surface area contributed by atoms with Crippen LogP contribution < -0.4 is 5.32 Å². The van der Waals surface area contributed by atoms with Crippen molar-refractivity contribution in [2.45, 2.75) is 38.6 Å². The third-order valence-corrected chi connectivity index (χ3v) is 3.36. The summed E-state index contributed by atoms with van der Waals surface area (Å²) in [6.07, 6.45) is 7.82. The molecule has 17 heavy (non-hydrogen) atoms. The van der Waals surface area contributed by atoms with Gasteiger partial charge >= 0.3 is 0 Å². The summed E-state index contributed by atoms with van der Waals surface area (Å²) >= 11 is 0. The van der Waals surface area contributed by atoms with E-state index in [0.29, 0.717) is 19.4 Å². The number of nitriles is 1. The maximum absolute atomic E-state index is 12.1. The minimum atomic E-state index is -0.804. The molecule has 5 nitrogen and oxygen atoms in total. The van der Waals surface area contributed by atoms with Crippen LogP contribution in [0.4, 0.5) is 0 Å². The fourth-order valence-corrected chi connectivity index (χ4v) is 2.27. The summed E-state index contributed by atoms with van der Waals surface area (Å²) in [6, 6.07) is 2.21. The Morgan fingerprint density at radius 2 is 2.29 bits per heavy atom. The van der Waals surface area contributed by atoms with E-state index in [2.05, 4.69) is 21.6 Å². The van der Waals surface area contributed by atoms with Gasteiger partial charge < -0.3 is 5.32 Å². The van der Waals surface area contributed by atoms with E-state index in [4.69, 9.17) is 0 Å². The summed E-state index contributed by atoms with van der Waals surface area (Å²) in [6.45, 7) is 0.429. The lowest BCUT2D eigenvalue weighted by molar-refractivity contribution is -0.129. The Bertz CT molecular complexity index is 412. The molecule has 1 fully saturated rings. The lowest BCUT2D eigenvalue weighted by atomic mass is 9.74. The van der Waals surface area contributed by atoms with E-state index in [1.165, 1.54) is 0 Å². The molecule has 1 aromatic rings. The summed E-state index contributed by atoms with van der Waals surface area (Å²) in [4.78, 5) is 12.1. The highest BCUT2D eigenvalue weighted by Crippen LogP contribution is 2.35. The molecule has 5 heteroatoms. The Morgan fingerprint density at radius 1 is 1.53 bits per heavy atom. The second kappa shape index (κ2) is 5.00. The van der Waals surface area contributed by atoms with Gasteiger partial charge in [-0.25, -0.2) is 0 Å². The average Bonchev–Trinajstić information content (AvgIpc) is 2.90. The number of rotatable bonds is 3. The third kappa shape index (κ3) is 2.47. The van der Waals surface area contributed by atoms with Gasteiger partial charge in [0.1, 0.15) is 5.41 Å². The second-order valence-corrected chi connectivity index (χ2v) is 4.54. The maximum Gasteiger partial charge on any atom is 0.240 e. The molecule has 1 saturated carbocycles. The van der Waals surface area contributed by atoms with Crippen LogP contribution in [0.15, 0.2) is 12.4 Å². The number of H-pyrrole nitrogens is 1. The average molecular weight is 232 g/mol. The van der Waals surface area contributed by atoms with Gasteiger partial charge in [-0.05, 0) is 12.8 Å². The molecule has 0 unspecified atom stereocenters. The number of hydrogen-bond donors (Lipinski definition) is 2. The van der Waals surface area contributed by atoms with Crippen molar-refractivity contribution in [3.05, 3.63) is 18.0 Å². The largest absolute Gasteiger partial charge is 0.351 e. The van der Waals surface area contributed by atoms with Gasteiger partial charge in [-0.3, -0.25) is 9.89 Å². The van der Waals surface area contributed by atoms with Crippen molar-refractivity contribution in [2.75, 3.05) is 0 Å². The van der Waals surface area contributed by atoms with Crippen molar-refractivity contribution >= 4 is 5.91 Å². The Balaban J connectivity index is 1.96. The number of carbonyl (C=O) groups excluding carboxylic acids is 1. The lowest BCUT2D eigenvalue weighted by Crippen LogP contribution is -2.41. The Morgan fingerprint density at radius 3 is 2.88 bits per heavy atom. The quantitative estimate of drug-likeness (QED) is 0.828. The summed E-state index contributed by atoms with van der Waals surface area (Å²) in [5.74, 6) is -0.138. The molecule has 1 aliphatic rings. The molecular weight excluding hydrogens is 216 g/mol. The predicted octanol–water partition coefficient (Wildman–Crippen LogP) is 1.50. The first-order valence-electron chi connectivity index (χ1n) is 5.94. The van der Waals surface area contributed by atoms with Crippen molar-refractivity contribution in [2.24, 2.45) is 5.41 Å². The number of aromatic nitrogens is 2. The Labute approximate surface area is 100 Å². The maximum atomic E-state index is 12.1. The van der Waals surface area contributed by atoms with Crippen LogP contribution in [0.25, 0.3) is 0 Å². The molecule has 0 aliphatic heterocycles. The molecule has 90 valence electrons. The minimum absolute atomic E-state index is 0.138. The first kappa shape index (κ1) is 11.6. The van der Waals surface area contributed by atoms with Gasteiger partial charge in [0.2, 0.25) is 5.91 Å². The van der Waals surface area contributed by atoms with Crippen LogP contribution in [0.3, 0.4) is 0 Å². The van der Waals surface area contributed by atoms with Crippen LogP contribution >= 0.6 is 0 Å². The van der Waals surface area contributed by atoms with Crippen LogP contribution in [0.5, 0.6) is 0 Å². The van der Waals surface area contributed by atoms with Crippen molar-refractivity contribution < 1.29 is 4.79 Å². The van der Waals surface area contributed by atoms with E-state index in [1.54, 1.807) is 12.4 Å². The van der Waals surface area contributed by atoms with E-state index in [-0.39, 0.29) is 5.91 Å². The highest BCUT2D eigenvalue weighted by atomic mass is 16.2. The van der Waals surface area contributed by atoms with E-state index in [1.807, 2.05) is 0 Å². The molecule has 1 heterocycles. The molecule has 1 aliphatic carbocycles. The molecule has 2 rings (SSSR count). The number of carbonyl (C=O) groups is 1. The smallest absolute Gasteiger partial charge is 0.240 e. The molecule has 1 aromatic heterocycles. The molecule has 2 N–H and O–H groups in total. The van der Waals surface area contributed by atoms with Crippen LogP contribution in [-0.2, 0) is 11.3 Å². The van der Waals surface area contributed by atoms with Gasteiger partial charge in [-0.2, -0.15) is 10.4 Å². The predicted molar refractivity (Wildman–Crippen MR) is 61.6 cm³/mol.